The molecule has 0 spiro atoms. The van der Waals surface area contributed by atoms with Gasteiger partial charge >= 0.3 is 0 Å². The molecule has 1 aliphatic carbocycles. The van der Waals surface area contributed by atoms with Crippen molar-refractivity contribution in [1.82, 2.24) is 9.80 Å². The highest BCUT2D eigenvalue weighted by Gasteiger charge is 2.39. The zero-order valence-electron chi connectivity index (χ0n) is 14.7. The summed E-state index contributed by atoms with van der Waals surface area (Å²) in [4.78, 5) is 28.2. The summed E-state index contributed by atoms with van der Waals surface area (Å²) in [6.07, 6.45) is 2.13. The summed E-state index contributed by atoms with van der Waals surface area (Å²) in [6.45, 7) is 7.39. The molecule has 1 saturated heterocycles. The first-order chi connectivity index (χ1) is 11.5. The molecule has 0 radical (unpaired) electrons. The fraction of sp³-hybridized carbons (Fsp3) is 0.579. The van der Waals surface area contributed by atoms with E-state index in [9.17, 15) is 9.59 Å². The Balaban J connectivity index is 1.81. The molecule has 3 rings (SSSR count). The van der Waals surface area contributed by atoms with Gasteiger partial charge in [-0.25, -0.2) is 0 Å². The summed E-state index contributed by atoms with van der Waals surface area (Å²) in [5.41, 5.74) is 1.06. The van der Waals surface area contributed by atoms with E-state index in [0.29, 0.717) is 19.6 Å². The minimum absolute atomic E-state index is 0.0659. The van der Waals surface area contributed by atoms with Crippen LogP contribution in [0.5, 0.6) is 5.75 Å². The average molecular weight is 330 g/mol. The molecule has 24 heavy (non-hydrogen) atoms. The first kappa shape index (κ1) is 16.8. The second-order valence-electron chi connectivity index (χ2n) is 7.02. The molecule has 1 unspecified atom stereocenters. The van der Waals surface area contributed by atoms with E-state index in [-0.39, 0.29) is 29.9 Å². The molecule has 2 fully saturated rings. The Bertz CT molecular complexity index is 608. The number of nitrogens with zero attached hydrogens (tertiary/aromatic N) is 2. The largest absolute Gasteiger partial charge is 0.491 e. The van der Waals surface area contributed by atoms with Crippen LogP contribution in [0.3, 0.4) is 0 Å². The van der Waals surface area contributed by atoms with Gasteiger partial charge in [-0.15, -0.1) is 0 Å². The van der Waals surface area contributed by atoms with Crippen molar-refractivity contribution in [2.45, 2.75) is 45.8 Å². The van der Waals surface area contributed by atoms with Crippen molar-refractivity contribution in [3.05, 3.63) is 29.8 Å². The smallest absolute Gasteiger partial charge is 0.226 e. The molecule has 0 bridgehead atoms. The lowest BCUT2D eigenvalue weighted by molar-refractivity contribution is -0.143. The van der Waals surface area contributed by atoms with Crippen LogP contribution in [-0.2, 0) is 9.59 Å². The molecule has 1 atom stereocenters. The molecule has 5 heteroatoms. The molecule has 0 aromatic heterocycles. The van der Waals surface area contributed by atoms with Crippen LogP contribution in [0, 0.1) is 5.92 Å². The Labute approximate surface area is 143 Å². The molecule has 2 amide bonds. The van der Waals surface area contributed by atoms with Crippen molar-refractivity contribution in [1.29, 1.82) is 0 Å². The second-order valence-corrected chi connectivity index (χ2v) is 7.02. The maximum atomic E-state index is 12.6. The summed E-state index contributed by atoms with van der Waals surface area (Å²) >= 11 is 0. The minimum atomic E-state index is -0.0659. The lowest BCUT2D eigenvalue weighted by Crippen LogP contribution is -2.52. The number of carbonyl (C=O) groups is 2. The van der Waals surface area contributed by atoms with Crippen molar-refractivity contribution in [2.24, 2.45) is 5.92 Å². The second kappa shape index (κ2) is 6.83. The molecule has 2 aliphatic rings. The van der Waals surface area contributed by atoms with E-state index in [4.69, 9.17) is 4.74 Å². The van der Waals surface area contributed by atoms with Crippen LogP contribution in [0.15, 0.2) is 24.3 Å². The maximum Gasteiger partial charge on any atom is 0.226 e. The SMILES string of the molecule is CC(=O)N1CCN(C(=O)C2CC2)C(c2ccc(OC(C)C)cc2)C1. The van der Waals surface area contributed by atoms with Gasteiger partial charge in [0, 0.05) is 32.5 Å². The first-order valence-corrected chi connectivity index (χ1v) is 8.78. The van der Waals surface area contributed by atoms with Gasteiger partial charge in [-0.3, -0.25) is 9.59 Å². The lowest BCUT2D eigenvalue weighted by Gasteiger charge is -2.41. The van der Waals surface area contributed by atoms with Gasteiger partial charge < -0.3 is 14.5 Å². The molecular weight excluding hydrogens is 304 g/mol. The molecule has 1 saturated carbocycles. The van der Waals surface area contributed by atoms with E-state index < -0.39 is 0 Å². The molecule has 5 nitrogen and oxygen atoms in total. The summed E-state index contributed by atoms with van der Waals surface area (Å²) in [5, 5.41) is 0. The van der Waals surface area contributed by atoms with Crippen LogP contribution in [0.1, 0.15) is 45.2 Å². The van der Waals surface area contributed by atoms with Gasteiger partial charge in [0.15, 0.2) is 0 Å². The van der Waals surface area contributed by atoms with Crippen LogP contribution in [0.25, 0.3) is 0 Å². The monoisotopic (exact) mass is 330 g/mol. The third-order valence-electron chi connectivity index (χ3n) is 4.67. The Morgan fingerprint density at radius 1 is 1.12 bits per heavy atom. The predicted molar refractivity (Wildman–Crippen MR) is 91.6 cm³/mol. The van der Waals surface area contributed by atoms with E-state index >= 15 is 0 Å². The summed E-state index contributed by atoms with van der Waals surface area (Å²) in [5.74, 6) is 1.33. The first-order valence-electron chi connectivity index (χ1n) is 8.78. The minimum Gasteiger partial charge on any atom is -0.491 e. The van der Waals surface area contributed by atoms with Crippen molar-refractivity contribution < 1.29 is 14.3 Å². The normalized spacial score (nSPS) is 21.1. The number of piperazine rings is 1. The highest BCUT2D eigenvalue weighted by molar-refractivity contribution is 5.82. The predicted octanol–water partition coefficient (Wildman–Crippen LogP) is 2.62. The van der Waals surface area contributed by atoms with Gasteiger partial charge in [-0.05, 0) is 44.4 Å². The van der Waals surface area contributed by atoms with Crippen molar-refractivity contribution in [3.63, 3.8) is 0 Å². The van der Waals surface area contributed by atoms with Crippen molar-refractivity contribution >= 4 is 11.8 Å². The quantitative estimate of drug-likeness (QED) is 0.853. The molecular formula is C19H26N2O3. The average Bonchev–Trinajstić information content (AvgIpc) is 3.38. The zero-order chi connectivity index (χ0) is 17.3. The number of ether oxygens (including phenoxy) is 1. The topological polar surface area (TPSA) is 49.9 Å². The standard InChI is InChI=1S/C19H26N2O3/c1-13(2)24-17-8-6-15(7-9-17)18-12-20(14(3)22)10-11-21(18)19(23)16-4-5-16/h6-9,13,16,18H,4-5,10-12H2,1-3H3. The van der Waals surface area contributed by atoms with Crippen LogP contribution >= 0.6 is 0 Å². The summed E-state index contributed by atoms with van der Waals surface area (Å²) in [7, 11) is 0. The van der Waals surface area contributed by atoms with Gasteiger partial charge in [0.25, 0.3) is 0 Å². The number of hydrogen-bond acceptors (Lipinski definition) is 3. The molecule has 1 aromatic rings. The number of benzene rings is 1. The van der Waals surface area contributed by atoms with Gasteiger partial charge in [0.2, 0.25) is 11.8 Å². The van der Waals surface area contributed by atoms with Crippen molar-refractivity contribution in [3.8, 4) is 5.75 Å². The number of rotatable bonds is 4. The van der Waals surface area contributed by atoms with E-state index in [0.717, 1.165) is 24.2 Å². The number of carbonyl (C=O) groups excluding carboxylic acids is 2. The highest BCUT2D eigenvalue weighted by Crippen LogP contribution is 2.36. The Morgan fingerprint density at radius 2 is 1.79 bits per heavy atom. The van der Waals surface area contributed by atoms with Crippen LogP contribution < -0.4 is 4.74 Å². The highest BCUT2D eigenvalue weighted by atomic mass is 16.5. The van der Waals surface area contributed by atoms with E-state index in [1.165, 1.54) is 0 Å². The molecule has 1 aromatic carbocycles. The van der Waals surface area contributed by atoms with Gasteiger partial charge in [0.05, 0.1) is 12.1 Å². The number of hydrogen-bond donors (Lipinski definition) is 0. The third kappa shape index (κ3) is 3.71. The van der Waals surface area contributed by atoms with Crippen LogP contribution in [-0.4, -0.2) is 47.4 Å². The van der Waals surface area contributed by atoms with Crippen LogP contribution in [0.2, 0.25) is 0 Å². The molecule has 1 aliphatic heterocycles. The van der Waals surface area contributed by atoms with Crippen LogP contribution in [0.4, 0.5) is 0 Å². The lowest BCUT2D eigenvalue weighted by atomic mass is 10.0. The van der Waals surface area contributed by atoms with Crippen molar-refractivity contribution in [2.75, 3.05) is 19.6 Å². The third-order valence-corrected chi connectivity index (χ3v) is 4.67. The maximum absolute atomic E-state index is 12.6. The summed E-state index contributed by atoms with van der Waals surface area (Å²) < 4.78 is 5.69. The Hall–Kier alpha value is -2.04. The van der Waals surface area contributed by atoms with Gasteiger partial charge in [-0.1, -0.05) is 12.1 Å². The zero-order valence-corrected chi connectivity index (χ0v) is 14.7. The van der Waals surface area contributed by atoms with E-state index in [2.05, 4.69) is 0 Å². The fourth-order valence-corrected chi connectivity index (χ4v) is 3.22. The molecule has 1 heterocycles. The number of amides is 2. The summed E-state index contributed by atoms with van der Waals surface area (Å²) in [6, 6.07) is 7.85. The van der Waals surface area contributed by atoms with Gasteiger partial charge in [0.1, 0.15) is 5.75 Å². The fourth-order valence-electron chi connectivity index (χ4n) is 3.22. The van der Waals surface area contributed by atoms with Gasteiger partial charge in [-0.2, -0.15) is 0 Å². The van der Waals surface area contributed by atoms with E-state index in [1.54, 1.807) is 6.92 Å². The Kier molecular flexibility index (Phi) is 4.78. The molecule has 130 valence electrons. The molecule has 0 N–H and O–H groups in total. The van der Waals surface area contributed by atoms with E-state index in [1.807, 2.05) is 47.9 Å². The Morgan fingerprint density at radius 3 is 2.33 bits per heavy atom.